The normalized spacial score (nSPS) is 32.1. The number of carbonyl (C=O) groups excluding carboxylic acids is 3. The first-order valence-electron chi connectivity index (χ1n) is 10.1. The van der Waals surface area contributed by atoms with E-state index in [0.717, 1.165) is 43.4 Å². The van der Waals surface area contributed by atoms with Crippen molar-refractivity contribution in [2.24, 2.45) is 5.92 Å². The fourth-order valence-corrected chi connectivity index (χ4v) is 5.57. The molecule has 0 bridgehead atoms. The molecule has 148 valence electrons. The summed E-state index contributed by atoms with van der Waals surface area (Å²) < 4.78 is 0. The van der Waals surface area contributed by atoms with Crippen LogP contribution in [0.5, 0.6) is 0 Å². The lowest BCUT2D eigenvalue weighted by Gasteiger charge is -2.33. The van der Waals surface area contributed by atoms with Crippen LogP contribution >= 0.6 is 0 Å². The van der Waals surface area contributed by atoms with E-state index in [2.05, 4.69) is 5.32 Å². The monoisotopic (exact) mass is 377 g/mol. The molecule has 8 nitrogen and oxygen atoms in total. The van der Waals surface area contributed by atoms with Gasteiger partial charge in [0.1, 0.15) is 11.6 Å². The summed E-state index contributed by atoms with van der Waals surface area (Å²) in [5.74, 6) is -1.20. The maximum Gasteiger partial charge on any atom is 0.326 e. The number of carboxylic acid groups (broad SMARTS) is 1. The van der Waals surface area contributed by atoms with E-state index >= 15 is 0 Å². The van der Waals surface area contributed by atoms with Crippen LogP contribution in [0.1, 0.15) is 64.2 Å². The van der Waals surface area contributed by atoms with Crippen molar-refractivity contribution in [1.82, 2.24) is 15.1 Å². The summed E-state index contributed by atoms with van der Waals surface area (Å²) in [6, 6.07) is -1.23. The van der Waals surface area contributed by atoms with Gasteiger partial charge in [0.05, 0.1) is 0 Å². The minimum absolute atomic E-state index is 0.0117. The highest BCUT2D eigenvalue weighted by Crippen LogP contribution is 2.40. The Morgan fingerprint density at radius 3 is 2.52 bits per heavy atom. The van der Waals surface area contributed by atoms with Crippen LogP contribution in [0.2, 0.25) is 0 Å². The lowest BCUT2D eigenvalue weighted by Crippen LogP contribution is -2.47. The first-order chi connectivity index (χ1) is 12.9. The Bertz CT molecular complexity index is 672. The van der Waals surface area contributed by atoms with E-state index in [-0.39, 0.29) is 36.7 Å². The van der Waals surface area contributed by atoms with Gasteiger partial charge in [0.2, 0.25) is 5.91 Å². The molecule has 27 heavy (non-hydrogen) atoms. The Labute approximate surface area is 158 Å². The van der Waals surface area contributed by atoms with Gasteiger partial charge in [-0.05, 0) is 38.0 Å². The zero-order valence-electron chi connectivity index (χ0n) is 15.5. The van der Waals surface area contributed by atoms with Crippen LogP contribution in [0.15, 0.2) is 0 Å². The number of hydrogen-bond acceptors (Lipinski definition) is 4. The number of nitrogens with one attached hydrogen (secondary N) is 1. The van der Waals surface area contributed by atoms with Crippen LogP contribution in [0.3, 0.4) is 0 Å². The molecule has 2 saturated carbocycles. The van der Waals surface area contributed by atoms with E-state index in [9.17, 15) is 24.3 Å². The van der Waals surface area contributed by atoms with Gasteiger partial charge in [0.15, 0.2) is 0 Å². The highest BCUT2D eigenvalue weighted by Gasteiger charge is 2.53. The zero-order valence-corrected chi connectivity index (χ0v) is 15.5. The van der Waals surface area contributed by atoms with Crippen LogP contribution in [0.4, 0.5) is 4.79 Å². The average molecular weight is 377 g/mol. The van der Waals surface area contributed by atoms with Crippen LogP contribution < -0.4 is 5.32 Å². The number of likely N-dealkylation sites (tertiary alicyclic amines) is 1. The minimum Gasteiger partial charge on any atom is -0.480 e. The number of carbonyl (C=O) groups is 4. The van der Waals surface area contributed by atoms with Gasteiger partial charge in [0, 0.05) is 19.0 Å². The number of hydrogen-bond donors (Lipinski definition) is 2. The summed E-state index contributed by atoms with van der Waals surface area (Å²) in [4.78, 5) is 52.2. The van der Waals surface area contributed by atoms with Crippen molar-refractivity contribution in [2.45, 2.75) is 81.8 Å². The van der Waals surface area contributed by atoms with E-state index in [1.807, 2.05) is 0 Å². The van der Waals surface area contributed by atoms with Gasteiger partial charge < -0.3 is 15.3 Å². The Morgan fingerprint density at radius 2 is 1.81 bits per heavy atom. The second-order valence-electron chi connectivity index (χ2n) is 8.43. The Kier molecular flexibility index (Phi) is 4.60. The quantitative estimate of drug-likeness (QED) is 0.722. The smallest absolute Gasteiger partial charge is 0.326 e. The van der Waals surface area contributed by atoms with Crippen LogP contribution in [0, 0.1) is 5.92 Å². The average Bonchev–Trinajstić information content (AvgIpc) is 3.31. The number of carboxylic acids is 1. The summed E-state index contributed by atoms with van der Waals surface area (Å²) >= 11 is 0. The summed E-state index contributed by atoms with van der Waals surface area (Å²) in [5, 5.41) is 12.4. The maximum absolute atomic E-state index is 12.9. The van der Waals surface area contributed by atoms with E-state index < -0.39 is 23.6 Å². The van der Waals surface area contributed by atoms with Crippen molar-refractivity contribution < 1.29 is 24.3 Å². The Hall–Kier alpha value is -2.12. The van der Waals surface area contributed by atoms with Crippen LogP contribution in [-0.4, -0.2) is 62.9 Å². The molecule has 0 radical (unpaired) electrons. The van der Waals surface area contributed by atoms with Crippen LogP contribution in [0.25, 0.3) is 0 Å². The van der Waals surface area contributed by atoms with Crippen molar-refractivity contribution in [3.05, 3.63) is 0 Å². The number of nitrogens with zero attached hydrogens (tertiary/aromatic N) is 2. The van der Waals surface area contributed by atoms with Crippen molar-refractivity contribution >= 4 is 23.8 Å². The van der Waals surface area contributed by atoms with Gasteiger partial charge in [-0.15, -0.1) is 0 Å². The molecule has 2 N–H and O–H groups in total. The number of imide groups is 1. The summed E-state index contributed by atoms with van der Waals surface area (Å²) in [6.45, 7) is 0.0193. The predicted octanol–water partition coefficient (Wildman–Crippen LogP) is 1.49. The third-order valence-electron chi connectivity index (χ3n) is 6.91. The topological polar surface area (TPSA) is 107 Å². The largest absolute Gasteiger partial charge is 0.480 e. The third-order valence-corrected chi connectivity index (χ3v) is 6.91. The van der Waals surface area contributed by atoms with Crippen molar-refractivity contribution in [1.29, 1.82) is 0 Å². The molecule has 0 aromatic rings. The molecule has 2 aliphatic carbocycles. The van der Waals surface area contributed by atoms with Gasteiger partial charge in [0.25, 0.3) is 5.91 Å². The molecule has 3 atom stereocenters. The maximum atomic E-state index is 12.9. The zero-order chi connectivity index (χ0) is 19.2. The second kappa shape index (κ2) is 6.80. The molecular formula is C19H27N3O5. The Balaban J connectivity index is 1.43. The van der Waals surface area contributed by atoms with Gasteiger partial charge in [-0.25, -0.2) is 9.59 Å². The molecule has 0 aromatic carbocycles. The Morgan fingerprint density at radius 1 is 1.11 bits per heavy atom. The molecule has 3 unspecified atom stereocenters. The molecule has 4 fully saturated rings. The van der Waals surface area contributed by atoms with E-state index in [1.165, 1.54) is 4.90 Å². The number of urea groups is 1. The van der Waals surface area contributed by atoms with E-state index in [4.69, 9.17) is 0 Å². The highest BCUT2D eigenvalue weighted by atomic mass is 16.4. The summed E-state index contributed by atoms with van der Waals surface area (Å²) in [7, 11) is 0. The molecule has 1 spiro atoms. The van der Waals surface area contributed by atoms with E-state index in [1.54, 1.807) is 0 Å². The number of amides is 4. The molecule has 2 heterocycles. The lowest BCUT2D eigenvalue weighted by atomic mass is 9.84. The molecule has 4 aliphatic rings. The second-order valence-corrected chi connectivity index (χ2v) is 8.43. The van der Waals surface area contributed by atoms with Crippen molar-refractivity contribution in [3.63, 3.8) is 0 Å². The molecule has 8 heteroatoms. The first-order valence-corrected chi connectivity index (χ1v) is 10.1. The van der Waals surface area contributed by atoms with Gasteiger partial charge in [-0.2, -0.15) is 0 Å². The van der Waals surface area contributed by atoms with E-state index in [0.29, 0.717) is 19.3 Å². The molecule has 2 aliphatic heterocycles. The molecule has 4 rings (SSSR count). The fourth-order valence-electron chi connectivity index (χ4n) is 5.57. The van der Waals surface area contributed by atoms with Gasteiger partial charge in [-0.3, -0.25) is 14.5 Å². The minimum atomic E-state index is -0.961. The van der Waals surface area contributed by atoms with Gasteiger partial charge >= 0.3 is 12.0 Å². The fraction of sp³-hybridized carbons (Fsp3) is 0.789. The number of fused-ring (bicyclic) bond motifs is 1. The summed E-state index contributed by atoms with van der Waals surface area (Å²) in [5.41, 5.74) is -0.772. The number of rotatable bonds is 4. The molecule has 0 aromatic heterocycles. The first kappa shape index (κ1) is 18.3. The third kappa shape index (κ3) is 2.99. The SMILES string of the molecule is O=C(O)C1CC2CCCCC2N1C(=O)CCN1C(=O)NC2(CCCC2)C1=O. The lowest BCUT2D eigenvalue weighted by molar-refractivity contribution is -0.150. The number of aliphatic carboxylic acids is 1. The molecule has 2 saturated heterocycles. The van der Waals surface area contributed by atoms with Gasteiger partial charge in [-0.1, -0.05) is 25.7 Å². The molecular weight excluding hydrogens is 350 g/mol. The standard InChI is InChI=1S/C19H27N3O5/c23-15(22-13-6-2-1-5-12(13)11-14(22)16(24)25)7-10-21-17(26)19(20-18(21)27)8-3-4-9-19/h12-14H,1-11H2,(H,20,27)(H,24,25). The van der Waals surface area contributed by atoms with Crippen molar-refractivity contribution in [3.8, 4) is 0 Å². The van der Waals surface area contributed by atoms with Crippen molar-refractivity contribution in [2.75, 3.05) is 6.54 Å². The predicted molar refractivity (Wildman–Crippen MR) is 94.7 cm³/mol. The highest BCUT2D eigenvalue weighted by molar-refractivity contribution is 6.07. The van der Waals surface area contributed by atoms with Crippen LogP contribution in [-0.2, 0) is 14.4 Å². The molecule has 4 amide bonds. The summed E-state index contributed by atoms with van der Waals surface area (Å²) in [6.07, 6.45) is 7.52.